The van der Waals surface area contributed by atoms with Gasteiger partial charge in [0.2, 0.25) is 0 Å². The summed E-state index contributed by atoms with van der Waals surface area (Å²) in [7, 11) is -14.1. The number of nitrogens with zero attached hydrogens (tertiary/aromatic N) is 5. The van der Waals surface area contributed by atoms with Gasteiger partial charge in [-0.1, -0.05) is 6.07 Å². The average Bonchev–Trinajstić information content (AvgIpc) is 2.78. The van der Waals surface area contributed by atoms with Crippen molar-refractivity contribution < 1.29 is 96.8 Å². The molecule has 1 aliphatic heterocycles. The third kappa shape index (κ3) is 14.3. The van der Waals surface area contributed by atoms with E-state index in [-0.39, 0.29) is 108 Å². The second-order valence-corrected chi connectivity index (χ2v) is 14.3. The van der Waals surface area contributed by atoms with Crippen LogP contribution in [-0.2, 0) is 20.2 Å². The van der Waals surface area contributed by atoms with Crippen molar-refractivity contribution in [3.05, 3.63) is 41.8 Å². The van der Waals surface area contributed by atoms with Crippen LogP contribution >= 0.6 is 22.8 Å². The molecule has 2 aromatic rings. The number of rotatable bonds is 8. The van der Waals surface area contributed by atoms with Gasteiger partial charge >= 0.3 is 49.4 Å². The minimum Gasteiger partial charge on any atom is -0.778 e. The Kier molecular flexibility index (Phi) is 14.6. The van der Waals surface area contributed by atoms with Crippen LogP contribution in [0.1, 0.15) is 5.69 Å². The van der Waals surface area contributed by atoms with Crippen LogP contribution in [0.25, 0.3) is 10.9 Å². The molecule has 1 aromatic carbocycles. The van der Waals surface area contributed by atoms with Gasteiger partial charge < -0.3 is 43.1 Å². The van der Waals surface area contributed by atoms with Gasteiger partial charge in [-0.25, -0.2) is 4.39 Å². The zero-order valence-corrected chi connectivity index (χ0v) is 26.6. The fourth-order valence-electron chi connectivity index (χ4n) is 4.37. The van der Waals surface area contributed by atoms with Crippen molar-refractivity contribution in [2.24, 2.45) is 0 Å². The van der Waals surface area contributed by atoms with Crippen molar-refractivity contribution in [2.45, 2.75) is 6.54 Å². The molecule has 3 rings (SSSR count). The van der Waals surface area contributed by atoms with E-state index in [0.29, 0.717) is 16.6 Å². The minimum atomic E-state index is -4.73. The SMILES string of the molecule is O=P([O-])(O)CN1CCN(Cc2ccc3cc(F)ccc3n2)CCN(CP(=O)([O-])O)CCN(CP(=O)([O-])O)CC1.[Eu+3]. The van der Waals surface area contributed by atoms with E-state index in [9.17, 15) is 47.4 Å². The predicted molar refractivity (Wildman–Crippen MR) is 136 cm³/mol. The number of halogens is 1. The topological polar surface area (TPSA) is 207 Å². The molecule has 1 aliphatic rings. The van der Waals surface area contributed by atoms with E-state index < -0.39 is 47.5 Å². The zero-order chi connectivity index (χ0) is 28.8. The summed E-state index contributed by atoms with van der Waals surface area (Å²) in [5.74, 6) is -0.394. The van der Waals surface area contributed by atoms with Crippen LogP contribution in [0.2, 0.25) is 0 Å². The molecule has 3 N–H and O–H groups in total. The molecule has 0 aliphatic carbocycles. The molecule has 19 heteroatoms. The van der Waals surface area contributed by atoms with Crippen molar-refractivity contribution in [3.8, 4) is 0 Å². The van der Waals surface area contributed by atoms with Gasteiger partial charge in [0, 0.05) is 64.3 Å². The van der Waals surface area contributed by atoms with E-state index in [0.717, 1.165) is 0 Å². The molecule has 0 saturated carbocycles. The van der Waals surface area contributed by atoms with Crippen LogP contribution in [0.4, 0.5) is 4.39 Å². The van der Waals surface area contributed by atoms with E-state index >= 15 is 0 Å². The van der Waals surface area contributed by atoms with Gasteiger partial charge in [-0.2, -0.15) is 0 Å². The molecule has 0 radical (unpaired) electrons. The van der Waals surface area contributed by atoms with Gasteiger partial charge in [0.05, 0.1) is 30.1 Å². The molecule has 1 fully saturated rings. The van der Waals surface area contributed by atoms with Crippen molar-refractivity contribution in [3.63, 3.8) is 0 Å². The number of hydrogen-bond donors (Lipinski definition) is 3. The van der Waals surface area contributed by atoms with E-state index in [1.807, 2.05) is 4.90 Å². The van der Waals surface area contributed by atoms with Gasteiger partial charge in [-0.15, -0.1) is 0 Å². The molecular formula is C21H32EuFN5O9P3. The van der Waals surface area contributed by atoms with Gasteiger partial charge in [-0.3, -0.25) is 24.6 Å². The second-order valence-electron chi connectivity index (χ2n) is 9.61. The molecule has 3 atom stereocenters. The van der Waals surface area contributed by atoms with Gasteiger partial charge in [0.15, 0.2) is 0 Å². The Balaban J connectivity index is 0.00000560. The Morgan fingerprint density at radius 2 is 1.10 bits per heavy atom. The average molecular weight is 762 g/mol. The molecule has 0 bridgehead atoms. The summed E-state index contributed by atoms with van der Waals surface area (Å²) in [6.07, 6.45) is -2.07. The zero-order valence-electron chi connectivity index (χ0n) is 21.5. The van der Waals surface area contributed by atoms with Crippen molar-refractivity contribution >= 4 is 33.7 Å². The Bertz CT molecular complexity index is 1220. The summed E-state index contributed by atoms with van der Waals surface area (Å²) in [6.45, 7) is 1.17. The van der Waals surface area contributed by atoms with Crippen LogP contribution in [-0.4, -0.2) is 110 Å². The summed E-state index contributed by atoms with van der Waals surface area (Å²) in [6, 6.07) is 7.64. The maximum absolute atomic E-state index is 13.5. The van der Waals surface area contributed by atoms with E-state index in [1.54, 1.807) is 18.2 Å². The summed E-state index contributed by atoms with van der Waals surface area (Å²) in [4.78, 5) is 73.7. The molecule has 224 valence electrons. The first-order chi connectivity index (χ1) is 18.0. The summed E-state index contributed by atoms with van der Waals surface area (Å²) >= 11 is 0. The number of fused-ring (bicyclic) bond motifs is 1. The molecule has 2 heterocycles. The maximum atomic E-state index is 13.5. The van der Waals surface area contributed by atoms with Crippen LogP contribution in [0.15, 0.2) is 30.3 Å². The molecular weight excluding hydrogens is 730 g/mol. The first kappa shape index (κ1) is 36.6. The maximum Gasteiger partial charge on any atom is 3.00 e. The summed E-state index contributed by atoms with van der Waals surface area (Å²) in [5, 5.41) is 0.614. The Hall–Kier alpha value is 0.434. The molecule has 40 heavy (non-hydrogen) atoms. The van der Waals surface area contributed by atoms with Crippen molar-refractivity contribution in [1.82, 2.24) is 24.6 Å². The summed E-state index contributed by atoms with van der Waals surface area (Å²) < 4.78 is 48.3. The smallest absolute Gasteiger partial charge is 0.778 e. The Morgan fingerprint density at radius 1 is 0.700 bits per heavy atom. The minimum absolute atomic E-state index is 0. The third-order valence-corrected chi connectivity index (χ3v) is 8.43. The fraction of sp³-hybridized carbons (Fsp3) is 0.571. The van der Waals surface area contributed by atoms with Gasteiger partial charge in [0.25, 0.3) is 0 Å². The van der Waals surface area contributed by atoms with Crippen LogP contribution < -0.4 is 14.7 Å². The molecule has 1 aromatic heterocycles. The van der Waals surface area contributed by atoms with Gasteiger partial charge in [0.1, 0.15) is 28.6 Å². The summed E-state index contributed by atoms with van der Waals surface area (Å²) in [5.41, 5.74) is 1.21. The first-order valence-corrected chi connectivity index (χ1v) is 17.4. The molecule has 1 saturated heterocycles. The molecule has 3 unspecified atom stereocenters. The molecule has 0 amide bonds. The molecule has 14 nitrogen and oxygen atoms in total. The number of aromatic nitrogens is 1. The van der Waals surface area contributed by atoms with E-state index in [1.165, 1.54) is 26.8 Å². The normalized spacial score (nSPS) is 22.3. The first-order valence-electron chi connectivity index (χ1n) is 12.1. The van der Waals surface area contributed by atoms with Crippen LogP contribution in [0, 0.1) is 55.2 Å². The van der Waals surface area contributed by atoms with Crippen molar-refractivity contribution in [1.29, 1.82) is 0 Å². The number of pyridine rings is 1. The Morgan fingerprint density at radius 3 is 1.50 bits per heavy atom. The van der Waals surface area contributed by atoms with Crippen molar-refractivity contribution in [2.75, 3.05) is 71.2 Å². The van der Waals surface area contributed by atoms with Crippen LogP contribution in [0.3, 0.4) is 0 Å². The largest absolute Gasteiger partial charge is 3.00 e. The number of hydrogen-bond acceptors (Lipinski definition) is 11. The molecule has 0 spiro atoms. The standard InChI is InChI=1S/C21H35FN5O9P3.Eu/c22-19-2-4-21-18(13-19)1-3-20(23-21)14-24-5-7-25(15-37(28,29)30)9-11-27(17-39(34,35)36)12-10-26(8-6-24)16-38(31,32)33;/h1-4,13H,5-12,14-17H2,(H2,28,29,30)(H2,31,32,33)(H2,34,35,36);/q;+3/p-3. The number of benzene rings is 1. The van der Waals surface area contributed by atoms with E-state index in [2.05, 4.69) is 4.98 Å². The quantitative estimate of drug-likeness (QED) is 0.265. The van der Waals surface area contributed by atoms with Crippen LogP contribution in [0.5, 0.6) is 0 Å². The van der Waals surface area contributed by atoms with E-state index in [4.69, 9.17) is 0 Å². The second kappa shape index (κ2) is 15.9. The Labute approximate surface area is 272 Å². The predicted octanol–water partition coefficient (Wildman–Crippen LogP) is -1.39. The third-order valence-electron chi connectivity index (χ3n) is 6.16. The van der Waals surface area contributed by atoms with Gasteiger partial charge in [-0.05, 0) is 24.3 Å². The monoisotopic (exact) mass is 763 g/mol. The fourth-order valence-corrected chi connectivity index (χ4v) is 6.74.